The largest absolute Gasteiger partial charge is 0.368 e. The van der Waals surface area contributed by atoms with Gasteiger partial charge in [-0.2, -0.15) is 9.97 Å². The van der Waals surface area contributed by atoms with E-state index in [1.807, 2.05) is 24.3 Å². The standard InChI is InChI=1S/C15H17ClN4S/c16-11-6-3-7-12(8-11)21-9-13-18-14(20-15(17)19-13)10-4-1-2-5-10/h3,6-8,10H,1-2,4-5,9H2,(H2,17,18,19,20). The van der Waals surface area contributed by atoms with Crippen LogP contribution < -0.4 is 5.73 Å². The van der Waals surface area contributed by atoms with Crippen molar-refractivity contribution in [2.24, 2.45) is 0 Å². The van der Waals surface area contributed by atoms with Crippen molar-refractivity contribution in [3.63, 3.8) is 0 Å². The van der Waals surface area contributed by atoms with Crippen LogP contribution in [0.25, 0.3) is 0 Å². The Morgan fingerprint density at radius 1 is 1.19 bits per heavy atom. The highest BCUT2D eigenvalue weighted by molar-refractivity contribution is 7.98. The maximum atomic E-state index is 5.99. The van der Waals surface area contributed by atoms with Crippen LogP contribution in [0.4, 0.5) is 5.95 Å². The second-order valence-electron chi connectivity index (χ2n) is 5.20. The van der Waals surface area contributed by atoms with E-state index in [1.54, 1.807) is 11.8 Å². The van der Waals surface area contributed by atoms with Crippen molar-refractivity contribution in [3.8, 4) is 0 Å². The van der Waals surface area contributed by atoms with E-state index in [9.17, 15) is 0 Å². The molecule has 1 aromatic carbocycles. The van der Waals surface area contributed by atoms with Gasteiger partial charge in [-0.05, 0) is 31.0 Å². The Balaban J connectivity index is 1.72. The molecule has 1 heterocycles. The molecule has 21 heavy (non-hydrogen) atoms. The quantitative estimate of drug-likeness (QED) is 0.861. The molecule has 0 saturated heterocycles. The zero-order chi connectivity index (χ0) is 14.7. The number of hydrogen-bond acceptors (Lipinski definition) is 5. The van der Waals surface area contributed by atoms with Crippen LogP contribution in [0.1, 0.15) is 43.3 Å². The number of rotatable bonds is 4. The lowest BCUT2D eigenvalue weighted by atomic mass is 10.1. The van der Waals surface area contributed by atoms with Crippen LogP contribution in [0, 0.1) is 0 Å². The molecule has 1 saturated carbocycles. The summed E-state index contributed by atoms with van der Waals surface area (Å²) in [6, 6.07) is 7.77. The molecule has 0 amide bonds. The van der Waals surface area contributed by atoms with E-state index in [4.69, 9.17) is 17.3 Å². The van der Waals surface area contributed by atoms with Gasteiger partial charge in [0, 0.05) is 15.8 Å². The van der Waals surface area contributed by atoms with Crippen molar-refractivity contribution in [2.75, 3.05) is 5.73 Å². The summed E-state index contributed by atoms with van der Waals surface area (Å²) >= 11 is 7.64. The molecular weight excluding hydrogens is 304 g/mol. The lowest BCUT2D eigenvalue weighted by molar-refractivity contribution is 0.657. The molecule has 0 radical (unpaired) electrons. The van der Waals surface area contributed by atoms with Gasteiger partial charge < -0.3 is 5.73 Å². The summed E-state index contributed by atoms with van der Waals surface area (Å²) in [5.41, 5.74) is 5.83. The number of nitrogen functional groups attached to an aromatic ring is 1. The number of thioether (sulfide) groups is 1. The number of nitrogens with zero attached hydrogens (tertiary/aromatic N) is 3. The third-order valence-electron chi connectivity index (χ3n) is 3.60. The van der Waals surface area contributed by atoms with Gasteiger partial charge in [0.1, 0.15) is 11.6 Å². The number of anilines is 1. The average molecular weight is 321 g/mol. The van der Waals surface area contributed by atoms with E-state index in [0.717, 1.165) is 34.4 Å². The Bertz CT molecular complexity index is 629. The monoisotopic (exact) mass is 320 g/mol. The first-order valence-electron chi connectivity index (χ1n) is 7.09. The van der Waals surface area contributed by atoms with Gasteiger partial charge >= 0.3 is 0 Å². The van der Waals surface area contributed by atoms with E-state index in [0.29, 0.717) is 17.6 Å². The topological polar surface area (TPSA) is 64.7 Å². The summed E-state index contributed by atoms with van der Waals surface area (Å²) in [7, 11) is 0. The van der Waals surface area contributed by atoms with Crippen LogP contribution >= 0.6 is 23.4 Å². The Kier molecular flexibility index (Phi) is 4.60. The molecule has 0 atom stereocenters. The first-order chi connectivity index (χ1) is 10.2. The summed E-state index contributed by atoms with van der Waals surface area (Å²) in [5, 5.41) is 0.738. The number of nitrogens with two attached hydrogens (primary N) is 1. The normalized spacial score (nSPS) is 15.5. The van der Waals surface area contributed by atoms with Crippen LogP contribution in [-0.2, 0) is 5.75 Å². The van der Waals surface area contributed by atoms with Crippen LogP contribution in [0.5, 0.6) is 0 Å². The molecule has 4 nitrogen and oxygen atoms in total. The van der Waals surface area contributed by atoms with Gasteiger partial charge in [-0.3, -0.25) is 0 Å². The van der Waals surface area contributed by atoms with Gasteiger partial charge in [0.15, 0.2) is 0 Å². The van der Waals surface area contributed by atoms with Crippen LogP contribution in [-0.4, -0.2) is 15.0 Å². The molecule has 0 unspecified atom stereocenters. The Morgan fingerprint density at radius 3 is 2.76 bits per heavy atom. The molecule has 1 aliphatic rings. The van der Waals surface area contributed by atoms with Crippen molar-refractivity contribution < 1.29 is 0 Å². The zero-order valence-electron chi connectivity index (χ0n) is 11.6. The lowest BCUT2D eigenvalue weighted by Crippen LogP contribution is -2.09. The fraction of sp³-hybridized carbons (Fsp3) is 0.400. The highest BCUT2D eigenvalue weighted by atomic mass is 35.5. The van der Waals surface area contributed by atoms with Gasteiger partial charge in [-0.25, -0.2) is 4.98 Å². The van der Waals surface area contributed by atoms with Gasteiger partial charge in [-0.1, -0.05) is 30.5 Å². The second kappa shape index (κ2) is 6.62. The Labute approximate surface area is 133 Å². The van der Waals surface area contributed by atoms with E-state index < -0.39 is 0 Å². The number of halogens is 1. The first-order valence-corrected chi connectivity index (χ1v) is 8.46. The lowest BCUT2D eigenvalue weighted by Gasteiger charge is -2.09. The predicted octanol–water partition coefficient (Wildman–Crippen LogP) is 4.06. The molecule has 0 aliphatic heterocycles. The average Bonchev–Trinajstić information content (AvgIpc) is 2.99. The molecule has 1 fully saturated rings. The Morgan fingerprint density at radius 2 is 2.00 bits per heavy atom. The molecule has 1 aromatic heterocycles. The van der Waals surface area contributed by atoms with Gasteiger partial charge in [0.05, 0.1) is 5.75 Å². The van der Waals surface area contributed by atoms with E-state index >= 15 is 0 Å². The van der Waals surface area contributed by atoms with E-state index in [2.05, 4.69) is 15.0 Å². The number of hydrogen-bond donors (Lipinski definition) is 1. The van der Waals surface area contributed by atoms with Crippen LogP contribution in [0.3, 0.4) is 0 Å². The molecule has 0 spiro atoms. The predicted molar refractivity (Wildman–Crippen MR) is 86.5 cm³/mol. The summed E-state index contributed by atoms with van der Waals surface area (Å²) in [5.74, 6) is 3.06. The SMILES string of the molecule is Nc1nc(CSc2cccc(Cl)c2)nc(C2CCCC2)n1. The fourth-order valence-electron chi connectivity index (χ4n) is 2.59. The van der Waals surface area contributed by atoms with Gasteiger partial charge in [0.2, 0.25) is 5.95 Å². The molecule has 2 N–H and O–H groups in total. The van der Waals surface area contributed by atoms with Crippen molar-refractivity contribution in [1.82, 2.24) is 15.0 Å². The molecule has 110 valence electrons. The third-order valence-corrected chi connectivity index (χ3v) is 4.83. The maximum absolute atomic E-state index is 5.99. The van der Waals surface area contributed by atoms with E-state index in [1.165, 1.54) is 12.8 Å². The van der Waals surface area contributed by atoms with Crippen molar-refractivity contribution in [3.05, 3.63) is 40.9 Å². The number of benzene rings is 1. The summed E-state index contributed by atoms with van der Waals surface area (Å²) in [6.07, 6.45) is 4.82. The van der Waals surface area contributed by atoms with Crippen molar-refractivity contribution >= 4 is 29.3 Å². The van der Waals surface area contributed by atoms with Crippen molar-refractivity contribution in [1.29, 1.82) is 0 Å². The summed E-state index contributed by atoms with van der Waals surface area (Å²) < 4.78 is 0. The second-order valence-corrected chi connectivity index (χ2v) is 6.68. The summed E-state index contributed by atoms with van der Waals surface area (Å²) in [4.78, 5) is 14.3. The molecule has 2 aromatic rings. The minimum absolute atomic E-state index is 0.327. The minimum atomic E-state index is 0.327. The Hall–Kier alpha value is -1.33. The molecule has 6 heteroatoms. The van der Waals surface area contributed by atoms with Gasteiger partial charge in [-0.15, -0.1) is 11.8 Å². The van der Waals surface area contributed by atoms with Gasteiger partial charge in [0.25, 0.3) is 0 Å². The van der Waals surface area contributed by atoms with Crippen LogP contribution in [0.15, 0.2) is 29.2 Å². The first kappa shape index (κ1) is 14.6. The van der Waals surface area contributed by atoms with E-state index in [-0.39, 0.29) is 0 Å². The van der Waals surface area contributed by atoms with Crippen molar-refractivity contribution in [2.45, 2.75) is 42.2 Å². The number of aromatic nitrogens is 3. The smallest absolute Gasteiger partial charge is 0.223 e. The van der Waals surface area contributed by atoms with Crippen LogP contribution in [0.2, 0.25) is 5.02 Å². The molecular formula is C15H17ClN4S. The highest BCUT2D eigenvalue weighted by Crippen LogP contribution is 2.32. The molecule has 1 aliphatic carbocycles. The summed E-state index contributed by atoms with van der Waals surface area (Å²) in [6.45, 7) is 0. The highest BCUT2D eigenvalue weighted by Gasteiger charge is 2.21. The molecule has 3 rings (SSSR count). The third kappa shape index (κ3) is 3.86. The minimum Gasteiger partial charge on any atom is -0.368 e. The zero-order valence-corrected chi connectivity index (χ0v) is 13.2. The molecule has 0 bridgehead atoms. The fourth-order valence-corrected chi connectivity index (χ4v) is 3.66. The maximum Gasteiger partial charge on any atom is 0.223 e.